The highest BCUT2D eigenvalue weighted by Crippen LogP contribution is 2.52. The third kappa shape index (κ3) is 4.92. The summed E-state index contributed by atoms with van der Waals surface area (Å²) in [6.45, 7) is 3.79. The Kier molecular flexibility index (Phi) is 7.81. The van der Waals surface area contributed by atoms with Crippen molar-refractivity contribution in [1.82, 2.24) is 14.3 Å². The zero-order valence-electron chi connectivity index (χ0n) is 21.5. The van der Waals surface area contributed by atoms with Crippen LogP contribution in [-0.4, -0.2) is 60.6 Å². The van der Waals surface area contributed by atoms with Crippen molar-refractivity contribution < 1.29 is 24.4 Å². The van der Waals surface area contributed by atoms with Crippen LogP contribution in [0.3, 0.4) is 0 Å². The van der Waals surface area contributed by atoms with Gasteiger partial charge in [0.15, 0.2) is 0 Å². The number of ether oxygens (including phenoxy) is 1. The maximum atomic E-state index is 13.5. The third-order valence-electron chi connectivity index (χ3n) is 7.03. The Morgan fingerprint density at radius 3 is 2.83 bits per heavy atom. The molecule has 1 saturated heterocycles. The Hall–Kier alpha value is -3.91. The lowest BCUT2D eigenvalue weighted by Gasteiger charge is -2.46. The second-order valence-electron chi connectivity index (χ2n) is 9.53. The maximum absolute atomic E-state index is 13.5. The number of thiazole rings is 1. The van der Waals surface area contributed by atoms with E-state index in [1.807, 2.05) is 17.5 Å². The van der Waals surface area contributed by atoms with Crippen molar-refractivity contribution in [3.8, 4) is 0 Å². The van der Waals surface area contributed by atoms with Gasteiger partial charge in [0.1, 0.15) is 28.5 Å². The zero-order valence-corrected chi connectivity index (χ0v) is 23.2. The number of hydrogen-bond acceptors (Lipinski definition) is 10. The van der Waals surface area contributed by atoms with Crippen LogP contribution in [0.4, 0.5) is 5.69 Å². The first-order valence-corrected chi connectivity index (χ1v) is 14.3. The van der Waals surface area contributed by atoms with Crippen LogP contribution in [0.5, 0.6) is 0 Å². The Labute approximate surface area is 236 Å². The first-order valence-electron chi connectivity index (χ1n) is 12.5. The largest absolute Gasteiger partial charge is 0.456 e. The minimum absolute atomic E-state index is 0.0698. The summed E-state index contributed by atoms with van der Waals surface area (Å²) in [5, 5.41) is 25.6. The minimum Gasteiger partial charge on any atom is -0.456 e. The van der Waals surface area contributed by atoms with E-state index in [1.54, 1.807) is 25.0 Å². The molecule has 5 rings (SSSR count). The number of carbonyl (C=O) groups is 2. The van der Waals surface area contributed by atoms with Gasteiger partial charge in [0.25, 0.3) is 5.69 Å². The van der Waals surface area contributed by atoms with Gasteiger partial charge in [0.05, 0.1) is 27.9 Å². The molecule has 0 radical (unpaired) electrons. The first-order chi connectivity index (χ1) is 19.2. The van der Waals surface area contributed by atoms with Gasteiger partial charge in [0.2, 0.25) is 5.91 Å². The van der Waals surface area contributed by atoms with Crippen molar-refractivity contribution in [2.75, 3.05) is 12.3 Å². The van der Waals surface area contributed by atoms with Crippen molar-refractivity contribution in [3.05, 3.63) is 73.5 Å². The number of β-lactam (4-membered cyclic amide) rings is 1. The number of thioether (sulfide) groups is 1. The molecule has 0 bridgehead atoms. The Morgan fingerprint density at radius 1 is 1.40 bits per heavy atom. The zero-order chi connectivity index (χ0) is 28.6. The summed E-state index contributed by atoms with van der Waals surface area (Å²) >= 11 is 3.00. The molecule has 3 aromatic rings. The van der Waals surface area contributed by atoms with E-state index in [9.17, 15) is 24.8 Å². The van der Waals surface area contributed by atoms with Crippen LogP contribution < -0.4 is 0 Å². The summed E-state index contributed by atoms with van der Waals surface area (Å²) in [4.78, 5) is 47.3. The molecule has 1 amide bonds. The molecule has 0 aliphatic carbocycles. The number of hydrogen-bond donors (Lipinski definition) is 1. The van der Waals surface area contributed by atoms with E-state index in [0.717, 1.165) is 20.5 Å². The summed E-state index contributed by atoms with van der Waals surface area (Å²) in [7, 11) is 0. The molecule has 4 atom stereocenters. The number of rotatable bonds is 11. The molecule has 1 fully saturated rings. The summed E-state index contributed by atoms with van der Waals surface area (Å²) < 4.78 is 7.47. The van der Waals surface area contributed by atoms with Crippen molar-refractivity contribution >= 4 is 51.1 Å². The predicted octanol–water partition coefficient (Wildman–Crippen LogP) is 4.41. The lowest BCUT2D eigenvalue weighted by molar-refractivity contribution is -0.384. The highest BCUT2D eigenvalue weighted by atomic mass is 32.2. The van der Waals surface area contributed by atoms with Crippen LogP contribution in [0.15, 0.2) is 52.6 Å². The van der Waals surface area contributed by atoms with Crippen molar-refractivity contribution in [2.24, 2.45) is 17.0 Å². The van der Waals surface area contributed by atoms with Gasteiger partial charge in [-0.2, -0.15) is 0 Å². The molecule has 2 aliphatic heterocycles. The van der Waals surface area contributed by atoms with Crippen molar-refractivity contribution in [1.29, 1.82) is 0 Å². The van der Waals surface area contributed by atoms with E-state index in [0.29, 0.717) is 24.1 Å². The van der Waals surface area contributed by atoms with Crippen LogP contribution in [0.2, 0.25) is 0 Å². The third-order valence-corrected chi connectivity index (χ3v) is 9.37. The van der Waals surface area contributed by atoms with Gasteiger partial charge in [-0.1, -0.05) is 12.0 Å². The lowest BCUT2D eigenvalue weighted by Crippen LogP contribution is -2.63. The minimum atomic E-state index is -0.871. The Balaban J connectivity index is 1.44. The van der Waals surface area contributed by atoms with Crippen LogP contribution >= 0.6 is 23.1 Å². The van der Waals surface area contributed by atoms with E-state index in [2.05, 4.69) is 15.0 Å². The maximum Gasteiger partial charge on any atom is 0.355 e. The number of carbonyl (C=O) groups excluding carboxylic acids is 2. The SMILES string of the molecule is C[C@@H](O)[C@H]1C(=O)N2C(C(=O)OCc3ccc([N+](=O)[O-])cc3)=C(c3cn4cnc(SCCCN=[N+]=[N-])c4s3)[C@H](C)[C@@H]12. The fourth-order valence-corrected chi connectivity index (χ4v) is 7.40. The molecule has 13 nitrogen and oxygen atoms in total. The van der Waals surface area contributed by atoms with Crippen LogP contribution in [0.25, 0.3) is 20.8 Å². The molecular formula is C25H25N7O6S2. The number of nitro groups is 1. The molecule has 208 valence electrons. The average Bonchev–Trinajstić information content (AvgIpc) is 3.57. The molecule has 2 aromatic heterocycles. The standard InChI is InChI=1S/C25H25N7O6S2/c1-13-18(17-10-30-12-27-22(24(30)40-17)39-9-3-8-28-29-26)21(31-20(13)19(14(2)33)23(31)34)25(35)38-11-15-4-6-16(7-5-15)32(36)37/h4-7,10,12-14,19-20,33H,3,8-9,11H2,1-2H3/t13-,14+,19+,20-/m0/s1. The van der Waals surface area contributed by atoms with E-state index in [-0.39, 0.29) is 35.9 Å². The van der Waals surface area contributed by atoms with Gasteiger partial charge < -0.3 is 14.7 Å². The number of nitrogens with zero attached hydrogens (tertiary/aromatic N) is 7. The molecule has 40 heavy (non-hydrogen) atoms. The van der Waals surface area contributed by atoms with Gasteiger partial charge >= 0.3 is 5.97 Å². The highest BCUT2D eigenvalue weighted by molar-refractivity contribution is 7.99. The number of azide groups is 1. The second-order valence-corrected chi connectivity index (χ2v) is 11.6. The number of benzene rings is 1. The topological polar surface area (TPSA) is 176 Å². The summed E-state index contributed by atoms with van der Waals surface area (Å²) in [5.74, 6) is -1.15. The molecule has 0 spiro atoms. The van der Waals surface area contributed by atoms with Gasteiger partial charge in [-0.3, -0.25) is 19.3 Å². The number of aliphatic hydroxyl groups is 1. The van der Waals surface area contributed by atoms with Crippen LogP contribution in [0.1, 0.15) is 30.7 Å². The van der Waals surface area contributed by atoms with Crippen LogP contribution in [0, 0.1) is 22.0 Å². The molecule has 15 heteroatoms. The molecule has 1 N–H and O–H groups in total. The number of non-ortho nitro benzene ring substituents is 1. The average molecular weight is 584 g/mol. The van der Waals surface area contributed by atoms with Crippen molar-refractivity contribution in [2.45, 2.75) is 44.0 Å². The molecule has 1 aromatic carbocycles. The quantitative estimate of drug-likeness (QED) is 0.0397. The van der Waals surface area contributed by atoms with Gasteiger partial charge in [-0.25, -0.2) is 9.78 Å². The highest BCUT2D eigenvalue weighted by Gasteiger charge is 2.60. The van der Waals surface area contributed by atoms with Gasteiger partial charge in [-0.05, 0) is 42.3 Å². The summed E-state index contributed by atoms with van der Waals surface area (Å²) in [6, 6.07) is 5.32. The number of imidazole rings is 1. The number of aliphatic hydroxyl groups excluding tert-OH is 1. The summed E-state index contributed by atoms with van der Waals surface area (Å²) in [6.07, 6.45) is 3.40. The second kappa shape index (κ2) is 11.3. The van der Waals surface area contributed by atoms with Crippen molar-refractivity contribution in [3.63, 3.8) is 0 Å². The molecule has 0 saturated carbocycles. The number of fused-ring (bicyclic) bond motifs is 2. The van der Waals surface area contributed by atoms with E-state index < -0.39 is 22.9 Å². The lowest BCUT2D eigenvalue weighted by atomic mass is 9.77. The monoisotopic (exact) mass is 583 g/mol. The number of nitro benzene ring substituents is 1. The normalized spacial score (nSPS) is 20.7. The fourth-order valence-electron chi connectivity index (χ4n) is 5.16. The number of aromatic nitrogens is 2. The molecule has 4 heterocycles. The van der Waals surface area contributed by atoms with Gasteiger partial charge in [-0.15, -0.1) is 23.1 Å². The molecule has 0 unspecified atom stereocenters. The fraction of sp³-hybridized carbons (Fsp3) is 0.400. The van der Waals surface area contributed by atoms with Crippen LogP contribution in [-0.2, 0) is 20.9 Å². The van der Waals surface area contributed by atoms with E-state index in [4.69, 9.17) is 10.3 Å². The summed E-state index contributed by atoms with van der Waals surface area (Å²) in [5.41, 5.74) is 9.77. The first kappa shape index (κ1) is 27.6. The Bertz CT molecular complexity index is 1560. The molecule has 2 aliphatic rings. The van der Waals surface area contributed by atoms with E-state index >= 15 is 0 Å². The Morgan fingerprint density at radius 2 is 2.15 bits per heavy atom. The molecular weight excluding hydrogens is 558 g/mol. The van der Waals surface area contributed by atoms with Gasteiger partial charge in [0, 0.05) is 41.3 Å². The number of esters is 1. The predicted molar refractivity (Wildman–Crippen MR) is 147 cm³/mol. The number of amides is 1. The van der Waals surface area contributed by atoms with E-state index in [1.165, 1.54) is 40.5 Å². The smallest absolute Gasteiger partial charge is 0.355 e.